The van der Waals surface area contributed by atoms with Gasteiger partial charge in [0.1, 0.15) is 5.75 Å². The first-order chi connectivity index (χ1) is 15.7. The van der Waals surface area contributed by atoms with Gasteiger partial charge in [0.05, 0.1) is 13.7 Å². The number of hydrogen-bond donors (Lipinski definition) is 1. The lowest BCUT2D eigenvalue weighted by Crippen LogP contribution is -2.47. The average Bonchev–Trinajstić information content (AvgIpc) is 3.06. The summed E-state index contributed by atoms with van der Waals surface area (Å²) in [7, 11) is 1.70. The second-order valence-corrected chi connectivity index (χ2v) is 9.21. The molecule has 5 heteroatoms. The number of carbonyl (C=O) groups is 1. The van der Waals surface area contributed by atoms with E-state index in [1.165, 1.54) is 24.0 Å². The van der Waals surface area contributed by atoms with Crippen LogP contribution in [0.2, 0.25) is 0 Å². The van der Waals surface area contributed by atoms with E-state index in [2.05, 4.69) is 57.6 Å². The Hall–Kier alpha value is -2.37. The molecule has 5 nitrogen and oxygen atoms in total. The Morgan fingerprint density at radius 2 is 1.69 bits per heavy atom. The number of rotatable bonds is 7. The van der Waals surface area contributed by atoms with Crippen LogP contribution in [0.1, 0.15) is 55.7 Å². The van der Waals surface area contributed by atoms with E-state index in [-0.39, 0.29) is 5.91 Å². The maximum atomic E-state index is 13.0. The largest absolute Gasteiger partial charge is 0.497 e. The van der Waals surface area contributed by atoms with Crippen LogP contribution in [0.4, 0.5) is 0 Å². The molecule has 2 heterocycles. The van der Waals surface area contributed by atoms with Crippen molar-refractivity contribution >= 4 is 5.91 Å². The fourth-order valence-electron chi connectivity index (χ4n) is 5.10. The van der Waals surface area contributed by atoms with Gasteiger partial charge in [0, 0.05) is 31.7 Å². The second-order valence-electron chi connectivity index (χ2n) is 9.21. The van der Waals surface area contributed by atoms with E-state index in [0.29, 0.717) is 18.6 Å². The Labute approximate surface area is 192 Å². The van der Waals surface area contributed by atoms with Gasteiger partial charge in [-0.3, -0.25) is 14.6 Å². The summed E-state index contributed by atoms with van der Waals surface area (Å²) in [6, 6.07) is 19.6. The summed E-state index contributed by atoms with van der Waals surface area (Å²) in [6.45, 7) is 4.55. The standard InChI is InChI=1S/C27H37N3O2/c1-32-25-13-11-23(12-14-25)26-10-6-3-7-17-30(26)21-27(31)28-24-15-18-29(19-16-24)20-22-8-4-2-5-9-22/h2,4-5,8-9,11-14,24,26H,3,6-7,10,15-21H2,1H3,(H,28,31)/t26-/m0/s1. The predicted molar refractivity (Wildman–Crippen MR) is 129 cm³/mol. The second kappa shape index (κ2) is 11.5. The number of likely N-dealkylation sites (tertiary alicyclic amines) is 2. The molecule has 172 valence electrons. The Balaban J connectivity index is 1.28. The highest BCUT2D eigenvalue weighted by Gasteiger charge is 2.26. The molecule has 2 aliphatic heterocycles. The molecule has 0 aliphatic carbocycles. The molecule has 2 aliphatic rings. The van der Waals surface area contributed by atoms with E-state index in [1.54, 1.807) is 7.11 Å². The van der Waals surface area contributed by atoms with Crippen LogP contribution in [0.5, 0.6) is 5.75 Å². The van der Waals surface area contributed by atoms with Crippen molar-refractivity contribution in [1.29, 1.82) is 0 Å². The van der Waals surface area contributed by atoms with Crippen LogP contribution in [-0.2, 0) is 11.3 Å². The van der Waals surface area contributed by atoms with E-state index in [0.717, 1.165) is 57.6 Å². The molecular weight excluding hydrogens is 398 g/mol. The van der Waals surface area contributed by atoms with Crippen molar-refractivity contribution in [2.45, 2.75) is 57.2 Å². The minimum Gasteiger partial charge on any atom is -0.497 e. The van der Waals surface area contributed by atoms with Gasteiger partial charge in [0.2, 0.25) is 5.91 Å². The lowest BCUT2D eigenvalue weighted by Gasteiger charge is -2.34. The maximum Gasteiger partial charge on any atom is 0.234 e. The summed E-state index contributed by atoms with van der Waals surface area (Å²) in [5, 5.41) is 3.33. The molecule has 0 radical (unpaired) electrons. The molecule has 2 fully saturated rings. The third kappa shape index (κ3) is 6.33. The summed E-state index contributed by atoms with van der Waals surface area (Å²) in [5.41, 5.74) is 2.65. The highest BCUT2D eigenvalue weighted by atomic mass is 16.5. The monoisotopic (exact) mass is 435 g/mol. The van der Waals surface area contributed by atoms with Crippen molar-refractivity contribution in [3.8, 4) is 5.75 Å². The molecule has 0 bridgehead atoms. The van der Waals surface area contributed by atoms with E-state index >= 15 is 0 Å². The van der Waals surface area contributed by atoms with Crippen LogP contribution in [0.15, 0.2) is 54.6 Å². The molecule has 0 spiro atoms. The van der Waals surface area contributed by atoms with E-state index < -0.39 is 0 Å². The third-order valence-corrected chi connectivity index (χ3v) is 6.91. The van der Waals surface area contributed by atoms with Gasteiger partial charge in [0.15, 0.2) is 0 Å². The van der Waals surface area contributed by atoms with Crippen molar-refractivity contribution in [2.24, 2.45) is 0 Å². The molecular formula is C27H37N3O2. The highest BCUT2D eigenvalue weighted by Crippen LogP contribution is 2.31. The van der Waals surface area contributed by atoms with Gasteiger partial charge in [0.25, 0.3) is 0 Å². The molecule has 32 heavy (non-hydrogen) atoms. The first-order valence-corrected chi connectivity index (χ1v) is 12.1. The number of methoxy groups -OCH3 is 1. The molecule has 0 aromatic heterocycles. The summed E-state index contributed by atoms with van der Waals surface area (Å²) in [5.74, 6) is 1.05. The predicted octanol–water partition coefficient (Wildman–Crippen LogP) is 4.39. The van der Waals surface area contributed by atoms with Crippen LogP contribution in [0.25, 0.3) is 0 Å². The first-order valence-electron chi connectivity index (χ1n) is 12.1. The van der Waals surface area contributed by atoms with Crippen LogP contribution >= 0.6 is 0 Å². The van der Waals surface area contributed by atoms with Crippen LogP contribution in [0.3, 0.4) is 0 Å². The van der Waals surface area contributed by atoms with Crippen molar-refractivity contribution < 1.29 is 9.53 Å². The molecule has 2 aromatic carbocycles. The summed E-state index contributed by atoms with van der Waals surface area (Å²) in [4.78, 5) is 17.8. The Kier molecular flexibility index (Phi) is 8.18. The molecule has 1 amide bonds. The van der Waals surface area contributed by atoms with E-state index in [9.17, 15) is 4.79 Å². The summed E-state index contributed by atoms with van der Waals surface area (Å²) >= 11 is 0. The van der Waals surface area contributed by atoms with Crippen LogP contribution in [-0.4, -0.2) is 55.0 Å². The number of hydrogen-bond acceptors (Lipinski definition) is 4. The molecule has 1 atom stereocenters. The number of nitrogens with zero attached hydrogens (tertiary/aromatic N) is 2. The zero-order valence-corrected chi connectivity index (χ0v) is 19.3. The zero-order valence-electron chi connectivity index (χ0n) is 19.3. The topological polar surface area (TPSA) is 44.8 Å². The molecule has 4 rings (SSSR count). The third-order valence-electron chi connectivity index (χ3n) is 6.91. The van der Waals surface area contributed by atoms with Crippen molar-refractivity contribution in [1.82, 2.24) is 15.1 Å². The van der Waals surface area contributed by atoms with Crippen LogP contribution < -0.4 is 10.1 Å². The Morgan fingerprint density at radius 3 is 2.41 bits per heavy atom. The van der Waals surface area contributed by atoms with Gasteiger partial charge in [-0.15, -0.1) is 0 Å². The molecule has 2 aromatic rings. The van der Waals surface area contributed by atoms with Crippen molar-refractivity contribution in [2.75, 3.05) is 33.3 Å². The lowest BCUT2D eigenvalue weighted by atomic mass is 10.0. The van der Waals surface area contributed by atoms with Gasteiger partial charge < -0.3 is 10.1 Å². The molecule has 1 N–H and O–H groups in total. The number of nitrogens with one attached hydrogen (secondary N) is 1. The summed E-state index contributed by atoms with van der Waals surface area (Å²) in [6.07, 6.45) is 6.79. The lowest BCUT2D eigenvalue weighted by molar-refractivity contribution is -0.123. The molecule has 0 unspecified atom stereocenters. The maximum absolute atomic E-state index is 13.0. The Morgan fingerprint density at radius 1 is 0.938 bits per heavy atom. The quantitative estimate of drug-likeness (QED) is 0.700. The average molecular weight is 436 g/mol. The molecule has 2 saturated heterocycles. The van der Waals surface area contributed by atoms with Gasteiger partial charge >= 0.3 is 0 Å². The van der Waals surface area contributed by atoms with Crippen molar-refractivity contribution in [3.05, 3.63) is 65.7 Å². The minimum absolute atomic E-state index is 0.173. The smallest absolute Gasteiger partial charge is 0.234 e. The molecule has 0 saturated carbocycles. The van der Waals surface area contributed by atoms with E-state index in [1.807, 2.05) is 12.1 Å². The number of benzene rings is 2. The number of amides is 1. The highest BCUT2D eigenvalue weighted by molar-refractivity contribution is 5.78. The SMILES string of the molecule is COc1ccc([C@@H]2CCCCCN2CC(=O)NC2CCN(Cc3ccccc3)CC2)cc1. The fourth-order valence-corrected chi connectivity index (χ4v) is 5.10. The van der Waals surface area contributed by atoms with Gasteiger partial charge in [-0.05, 0) is 55.5 Å². The number of carbonyl (C=O) groups excluding carboxylic acids is 1. The van der Waals surface area contributed by atoms with Gasteiger partial charge in [-0.2, -0.15) is 0 Å². The normalized spacial score (nSPS) is 21.1. The minimum atomic E-state index is 0.173. The number of ether oxygens (including phenoxy) is 1. The van der Waals surface area contributed by atoms with Crippen LogP contribution in [0, 0.1) is 0 Å². The Bertz CT molecular complexity index is 832. The van der Waals surface area contributed by atoms with Gasteiger partial charge in [-0.25, -0.2) is 0 Å². The number of piperidine rings is 1. The van der Waals surface area contributed by atoms with Gasteiger partial charge in [-0.1, -0.05) is 55.3 Å². The summed E-state index contributed by atoms with van der Waals surface area (Å²) < 4.78 is 5.32. The zero-order chi connectivity index (χ0) is 22.2. The van der Waals surface area contributed by atoms with E-state index in [4.69, 9.17) is 4.74 Å². The fraction of sp³-hybridized carbons (Fsp3) is 0.519. The van der Waals surface area contributed by atoms with Crippen molar-refractivity contribution in [3.63, 3.8) is 0 Å². The first kappa shape index (κ1) is 22.8.